The summed E-state index contributed by atoms with van der Waals surface area (Å²) in [6, 6.07) is 9.30. The number of rotatable bonds is 5. The summed E-state index contributed by atoms with van der Waals surface area (Å²) < 4.78 is 12.3. The molecule has 0 atom stereocenters. The van der Waals surface area contributed by atoms with Crippen molar-refractivity contribution in [2.45, 2.75) is 6.42 Å². The number of aromatic nitrogens is 2. The number of primary amides is 1. The van der Waals surface area contributed by atoms with Crippen molar-refractivity contribution < 1.29 is 15.7 Å². The minimum atomic E-state index is -0.364. The average molecular weight is 361 g/mol. The van der Waals surface area contributed by atoms with E-state index < -0.39 is 0 Å². The topological polar surface area (TPSA) is 79.4 Å². The molecule has 2 N–H and O–H groups in total. The maximum absolute atomic E-state index is 10.7. The van der Waals surface area contributed by atoms with E-state index in [0.29, 0.717) is 11.5 Å². The van der Waals surface area contributed by atoms with Crippen LogP contribution in [0.2, 0.25) is 0 Å². The Labute approximate surface area is 152 Å². The van der Waals surface area contributed by atoms with E-state index in [-0.39, 0.29) is 13.8 Å². The van der Waals surface area contributed by atoms with Crippen LogP contribution in [0.15, 0.2) is 48.1 Å². The van der Waals surface area contributed by atoms with Crippen LogP contribution in [0, 0.1) is 0 Å². The minimum Gasteiger partial charge on any atom is -0.493 e. The van der Waals surface area contributed by atoms with Gasteiger partial charge in [0.2, 0.25) is 5.91 Å². The van der Waals surface area contributed by atoms with Crippen LogP contribution in [-0.4, -0.2) is 29.1 Å². The molecule has 0 aliphatic rings. The van der Waals surface area contributed by atoms with E-state index in [2.05, 4.69) is 21.4 Å². The van der Waals surface area contributed by atoms with Crippen molar-refractivity contribution >= 4 is 17.4 Å². The zero-order chi connectivity index (χ0) is 18.2. The Morgan fingerprint density at radius 3 is 2.36 bits per heavy atom. The first-order valence-electron chi connectivity index (χ1n) is 7.55. The standard InChI is InChI=1S/C10H13NO3.C8H8N2S.H2/c1-13-8-4-3-7(6-10(11)12)5-9(8)14-2;1-10-8(6-11-10)7-2-4-9-5-3-7;/h3-5H,6H2,1-2H3,(H2,11,12);2-6H,1H3;1H. The quantitative estimate of drug-likeness (QED) is 0.757. The van der Waals surface area contributed by atoms with Crippen molar-refractivity contribution in [3.63, 3.8) is 0 Å². The molecular formula is C18H23N3O3S. The number of pyridine rings is 1. The first kappa shape index (κ1) is 18.5. The number of aryl methyl sites for hydroxylation is 1. The predicted molar refractivity (Wildman–Crippen MR) is 101 cm³/mol. The second-order valence-electron chi connectivity index (χ2n) is 5.17. The van der Waals surface area contributed by atoms with Gasteiger partial charge >= 0.3 is 0 Å². The Morgan fingerprint density at radius 1 is 1.20 bits per heavy atom. The van der Waals surface area contributed by atoms with Gasteiger partial charge in [-0.05, 0) is 29.8 Å². The number of carbonyl (C=O) groups excluding carboxylic acids is 1. The SMILES string of the molecule is COc1ccc(CC(N)=O)cc1OC.Cn1scc1-c1ccncc1.[HH]. The molecule has 25 heavy (non-hydrogen) atoms. The Morgan fingerprint density at radius 2 is 1.88 bits per heavy atom. The molecule has 134 valence electrons. The Hall–Kier alpha value is -2.80. The summed E-state index contributed by atoms with van der Waals surface area (Å²) in [7, 11) is 5.16. The zero-order valence-electron chi connectivity index (χ0n) is 14.4. The van der Waals surface area contributed by atoms with E-state index in [9.17, 15) is 4.79 Å². The Balaban J connectivity index is 0.000000256. The fourth-order valence-corrected chi connectivity index (χ4v) is 2.84. The van der Waals surface area contributed by atoms with Gasteiger partial charge < -0.3 is 15.2 Å². The third-order valence-corrected chi connectivity index (χ3v) is 4.31. The molecule has 0 bridgehead atoms. The smallest absolute Gasteiger partial charge is 0.221 e. The fraction of sp³-hybridized carbons (Fsp3) is 0.222. The maximum atomic E-state index is 10.7. The summed E-state index contributed by atoms with van der Waals surface area (Å²) in [6.07, 6.45) is 3.83. The molecule has 0 radical (unpaired) electrons. The van der Waals surface area contributed by atoms with Crippen LogP contribution in [0.4, 0.5) is 0 Å². The van der Waals surface area contributed by atoms with Crippen molar-refractivity contribution in [1.82, 2.24) is 8.94 Å². The summed E-state index contributed by atoms with van der Waals surface area (Å²) in [5.41, 5.74) is 8.40. The molecule has 0 saturated heterocycles. The van der Waals surface area contributed by atoms with Crippen LogP contribution in [-0.2, 0) is 18.3 Å². The highest BCUT2D eigenvalue weighted by Crippen LogP contribution is 2.27. The molecule has 2 heterocycles. The number of amides is 1. The van der Waals surface area contributed by atoms with Crippen molar-refractivity contribution in [1.29, 1.82) is 0 Å². The lowest BCUT2D eigenvalue weighted by molar-refractivity contribution is -0.117. The van der Waals surface area contributed by atoms with Gasteiger partial charge in [0.15, 0.2) is 11.5 Å². The number of hydrogen-bond acceptors (Lipinski definition) is 5. The summed E-state index contributed by atoms with van der Waals surface area (Å²) in [6.45, 7) is 0. The number of ether oxygens (including phenoxy) is 2. The van der Waals surface area contributed by atoms with Crippen molar-refractivity contribution in [2.75, 3.05) is 14.2 Å². The van der Waals surface area contributed by atoms with E-state index in [4.69, 9.17) is 15.2 Å². The molecular weight excluding hydrogens is 338 g/mol. The normalized spacial score (nSPS) is 9.88. The molecule has 6 nitrogen and oxygen atoms in total. The van der Waals surface area contributed by atoms with Gasteiger partial charge in [0.1, 0.15) is 0 Å². The van der Waals surface area contributed by atoms with Gasteiger partial charge in [-0.15, -0.1) is 0 Å². The van der Waals surface area contributed by atoms with E-state index in [1.165, 1.54) is 11.3 Å². The zero-order valence-corrected chi connectivity index (χ0v) is 15.2. The number of methoxy groups -OCH3 is 2. The molecule has 0 spiro atoms. The minimum absolute atomic E-state index is 0. The highest BCUT2D eigenvalue weighted by Gasteiger charge is 2.05. The monoisotopic (exact) mass is 361 g/mol. The van der Waals surface area contributed by atoms with Crippen molar-refractivity contribution in [3.8, 4) is 22.8 Å². The molecule has 0 aliphatic carbocycles. The average Bonchev–Trinajstić information content (AvgIpc) is 2.61. The lowest BCUT2D eigenvalue weighted by atomic mass is 10.1. The van der Waals surface area contributed by atoms with Gasteiger partial charge in [0.25, 0.3) is 0 Å². The maximum Gasteiger partial charge on any atom is 0.221 e. The summed E-state index contributed by atoms with van der Waals surface area (Å²) in [5, 5.41) is 2.13. The summed E-state index contributed by atoms with van der Waals surface area (Å²) >= 11 is 1.71. The van der Waals surface area contributed by atoms with Crippen LogP contribution >= 0.6 is 11.5 Å². The largest absolute Gasteiger partial charge is 0.493 e. The first-order chi connectivity index (χ1) is 12.0. The van der Waals surface area contributed by atoms with Crippen molar-refractivity contribution in [3.05, 3.63) is 53.7 Å². The van der Waals surface area contributed by atoms with Crippen LogP contribution in [0.5, 0.6) is 11.5 Å². The van der Waals surface area contributed by atoms with E-state index in [1.807, 2.05) is 24.5 Å². The predicted octanol–water partition coefficient (Wildman–Crippen LogP) is 3.13. The second-order valence-corrected chi connectivity index (χ2v) is 6.17. The third kappa shape index (κ3) is 5.09. The molecule has 0 aliphatic heterocycles. The van der Waals surface area contributed by atoms with E-state index in [0.717, 1.165) is 5.56 Å². The molecule has 3 aromatic rings. The highest BCUT2D eigenvalue weighted by atomic mass is 32.1. The first-order valence-corrected chi connectivity index (χ1v) is 8.39. The lowest BCUT2D eigenvalue weighted by Crippen LogP contribution is -2.13. The van der Waals surface area contributed by atoms with Gasteiger partial charge in [-0.3, -0.25) is 13.7 Å². The molecule has 7 heteroatoms. The second kappa shape index (κ2) is 8.89. The Bertz CT molecular complexity index is 818. The van der Waals surface area contributed by atoms with E-state index >= 15 is 0 Å². The lowest BCUT2D eigenvalue weighted by Gasteiger charge is -2.09. The van der Waals surface area contributed by atoms with Crippen LogP contribution in [0.25, 0.3) is 11.3 Å². The van der Waals surface area contributed by atoms with Gasteiger partial charge in [-0.2, -0.15) is 0 Å². The highest BCUT2D eigenvalue weighted by molar-refractivity contribution is 7.06. The third-order valence-electron chi connectivity index (χ3n) is 3.46. The molecule has 0 unspecified atom stereocenters. The number of hydrogen-bond donors (Lipinski definition) is 1. The van der Waals surface area contributed by atoms with Gasteiger partial charge in [-0.1, -0.05) is 17.6 Å². The van der Waals surface area contributed by atoms with E-state index in [1.54, 1.807) is 44.0 Å². The van der Waals surface area contributed by atoms with Gasteiger partial charge in [-0.25, -0.2) is 0 Å². The molecule has 2 aromatic heterocycles. The number of nitrogens with two attached hydrogens (primary N) is 1. The molecule has 0 fully saturated rings. The molecule has 1 amide bonds. The number of carbonyl (C=O) groups is 1. The summed E-state index contributed by atoms with van der Waals surface area (Å²) in [4.78, 5) is 14.6. The fourth-order valence-electron chi connectivity index (χ4n) is 2.18. The van der Waals surface area contributed by atoms with Crippen LogP contribution < -0.4 is 15.2 Å². The van der Waals surface area contributed by atoms with Crippen LogP contribution in [0.1, 0.15) is 6.99 Å². The molecule has 3 rings (SSSR count). The van der Waals surface area contributed by atoms with Crippen LogP contribution in [0.3, 0.4) is 0 Å². The summed E-state index contributed by atoms with van der Waals surface area (Å²) in [5.74, 6) is 0.879. The van der Waals surface area contributed by atoms with Crippen molar-refractivity contribution in [2.24, 2.45) is 12.8 Å². The molecule has 0 saturated carbocycles. The Kier molecular flexibility index (Phi) is 6.59. The van der Waals surface area contributed by atoms with Gasteiger partial charge in [0.05, 0.1) is 26.3 Å². The molecule has 1 aromatic carbocycles. The number of nitrogens with zero attached hydrogens (tertiary/aromatic N) is 2. The number of benzene rings is 1. The van der Waals surface area contributed by atoms with Gasteiger partial charge in [0, 0.05) is 31.8 Å².